The number of aromatic nitrogens is 4. The lowest BCUT2D eigenvalue weighted by Crippen LogP contribution is -2.03. The highest BCUT2D eigenvalue weighted by molar-refractivity contribution is 9.10. The number of nitrogens with one attached hydrogen (secondary N) is 1. The lowest BCUT2D eigenvalue weighted by molar-refractivity contribution is 0.789. The fourth-order valence-corrected chi connectivity index (χ4v) is 2.51. The van der Waals surface area contributed by atoms with Crippen molar-refractivity contribution in [1.29, 1.82) is 0 Å². The molecule has 0 saturated heterocycles. The highest BCUT2D eigenvalue weighted by Crippen LogP contribution is 2.20. The minimum absolute atomic E-state index is 0.763. The Bertz CT molecular complexity index is 740. The van der Waals surface area contributed by atoms with Crippen LogP contribution in [0.25, 0.3) is 5.69 Å². The van der Waals surface area contributed by atoms with Crippen molar-refractivity contribution in [2.45, 2.75) is 13.5 Å². The molecule has 0 aliphatic rings. The highest BCUT2D eigenvalue weighted by atomic mass is 79.9. The molecule has 0 bridgehead atoms. The molecule has 0 saturated carbocycles. The molecule has 21 heavy (non-hydrogen) atoms. The molecular formula is C15H14BrN5. The van der Waals surface area contributed by atoms with E-state index in [1.807, 2.05) is 24.3 Å². The van der Waals surface area contributed by atoms with E-state index in [9.17, 15) is 0 Å². The Morgan fingerprint density at radius 1 is 1.19 bits per heavy atom. The minimum Gasteiger partial charge on any atom is -0.381 e. The summed E-state index contributed by atoms with van der Waals surface area (Å²) < 4.78 is 2.73. The number of benzene rings is 2. The number of hydrogen-bond acceptors (Lipinski definition) is 4. The van der Waals surface area contributed by atoms with Gasteiger partial charge in [-0.1, -0.05) is 34.1 Å². The molecule has 6 heteroatoms. The Balaban J connectivity index is 1.80. The summed E-state index contributed by atoms with van der Waals surface area (Å²) in [5.74, 6) is 0. The van der Waals surface area contributed by atoms with Gasteiger partial charge in [-0.3, -0.25) is 0 Å². The van der Waals surface area contributed by atoms with Crippen molar-refractivity contribution in [2.24, 2.45) is 0 Å². The number of halogens is 1. The van der Waals surface area contributed by atoms with Crippen LogP contribution < -0.4 is 5.32 Å². The van der Waals surface area contributed by atoms with Crippen molar-refractivity contribution in [3.63, 3.8) is 0 Å². The summed E-state index contributed by atoms with van der Waals surface area (Å²) in [7, 11) is 0. The predicted molar refractivity (Wildman–Crippen MR) is 85.4 cm³/mol. The quantitative estimate of drug-likeness (QED) is 0.789. The molecule has 0 fully saturated rings. The van der Waals surface area contributed by atoms with E-state index in [0.29, 0.717) is 0 Å². The second kappa shape index (κ2) is 6.05. The normalized spacial score (nSPS) is 10.6. The van der Waals surface area contributed by atoms with Crippen LogP contribution in [0.3, 0.4) is 0 Å². The molecule has 3 rings (SSSR count). The average molecular weight is 344 g/mol. The third kappa shape index (κ3) is 3.28. The summed E-state index contributed by atoms with van der Waals surface area (Å²) in [6.07, 6.45) is 1.59. The van der Waals surface area contributed by atoms with Crippen molar-refractivity contribution in [2.75, 3.05) is 5.32 Å². The van der Waals surface area contributed by atoms with E-state index in [4.69, 9.17) is 0 Å². The van der Waals surface area contributed by atoms with Crippen molar-refractivity contribution in [3.05, 3.63) is 64.4 Å². The monoisotopic (exact) mass is 343 g/mol. The van der Waals surface area contributed by atoms with Crippen LogP contribution in [-0.2, 0) is 6.54 Å². The summed E-state index contributed by atoms with van der Waals surface area (Å²) in [6, 6.07) is 14.4. The second-order valence-electron chi connectivity index (χ2n) is 4.74. The van der Waals surface area contributed by atoms with Crippen LogP contribution in [0.15, 0.2) is 53.3 Å². The maximum atomic E-state index is 3.91. The summed E-state index contributed by atoms with van der Waals surface area (Å²) in [6.45, 7) is 2.84. The summed E-state index contributed by atoms with van der Waals surface area (Å²) in [5.41, 5.74) is 4.41. The summed E-state index contributed by atoms with van der Waals surface area (Å²) >= 11 is 3.49. The zero-order valence-corrected chi connectivity index (χ0v) is 13.1. The van der Waals surface area contributed by atoms with Gasteiger partial charge >= 0.3 is 0 Å². The first-order valence-electron chi connectivity index (χ1n) is 6.55. The molecule has 2 aromatic carbocycles. The van der Waals surface area contributed by atoms with E-state index in [1.54, 1.807) is 11.0 Å². The van der Waals surface area contributed by atoms with Crippen LogP contribution in [-0.4, -0.2) is 20.2 Å². The standard InChI is InChI=1S/C15H14BrN5/c1-11-5-6-14(21-10-18-19-20-21)8-15(11)17-9-12-3-2-4-13(16)7-12/h2-8,10,17H,9H2,1H3. The van der Waals surface area contributed by atoms with Crippen molar-refractivity contribution < 1.29 is 0 Å². The van der Waals surface area contributed by atoms with Crippen LogP contribution in [0.1, 0.15) is 11.1 Å². The Morgan fingerprint density at radius 2 is 2.10 bits per heavy atom. The van der Waals surface area contributed by atoms with Gasteiger partial charge in [0, 0.05) is 16.7 Å². The van der Waals surface area contributed by atoms with Gasteiger partial charge in [0.05, 0.1) is 5.69 Å². The Hall–Kier alpha value is -2.21. The smallest absolute Gasteiger partial charge is 0.143 e. The predicted octanol–water partition coefficient (Wildman–Crippen LogP) is 3.35. The van der Waals surface area contributed by atoms with E-state index in [-0.39, 0.29) is 0 Å². The molecule has 1 N–H and O–H groups in total. The number of rotatable bonds is 4. The summed E-state index contributed by atoms with van der Waals surface area (Å²) in [4.78, 5) is 0. The number of tetrazole rings is 1. The lowest BCUT2D eigenvalue weighted by Gasteiger charge is -2.11. The first-order valence-corrected chi connectivity index (χ1v) is 7.34. The SMILES string of the molecule is Cc1ccc(-n2cnnn2)cc1NCc1cccc(Br)c1. The van der Waals surface area contributed by atoms with E-state index in [2.05, 4.69) is 61.9 Å². The molecule has 0 aliphatic heterocycles. The van der Waals surface area contributed by atoms with Crippen LogP contribution >= 0.6 is 15.9 Å². The molecule has 0 spiro atoms. The molecule has 3 aromatic rings. The van der Waals surface area contributed by atoms with Crippen molar-refractivity contribution in [1.82, 2.24) is 20.2 Å². The number of hydrogen-bond donors (Lipinski definition) is 1. The van der Waals surface area contributed by atoms with Crippen LogP contribution in [0.5, 0.6) is 0 Å². The maximum absolute atomic E-state index is 3.91. The largest absolute Gasteiger partial charge is 0.381 e. The third-order valence-electron chi connectivity index (χ3n) is 3.21. The molecule has 0 unspecified atom stereocenters. The van der Waals surface area contributed by atoms with E-state index < -0.39 is 0 Å². The first kappa shape index (κ1) is 13.8. The Labute approximate surface area is 131 Å². The molecule has 0 amide bonds. The average Bonchev–Trinajstić information content (AvgIpc) is 3.01. The molecule has 5 nitrogen and oxygen atoms in total. The van der Waals surface area contributed by atoms with Crippen molar-refractivity contribution >= 4 is 21.6 Å². The van der Waals surface area contributed by atoms with E-state index in [0.717, 1.165) is 22.4 Å². The van der Waals surface area contributed by atoms with Gasteiger partial charge in [0.15, 0.2) is 0 Å². The van der Waals surface area contributed by atoms with Crippen LogP contribution in [0.4, 0.5) is 5.69 Å². The minimum atomic E-state index is 0.763. The van der Waals surface area contributed by atoms with Gasteiger partial charge < -0.3 is 5.32 Å². The van der Waals surface area contributed by atoms with Gasteiger partial charge in [-0.05, 0) is 52.7 Å². The molecule has 0 atom stereocenters. The van der Waals surface area contributed by atoms with E-state index in [1.165, 1.54) is 11.1 Å². The third-order valence-corrected chi connectivity index (χ3v) is 3.70. The molecule has 106 valence electrons. The molecule has 0 aliphatic carbocycles. The summed E-state index contributed by atoms with van der Waals surface area (Å²) in [5, 5.41) is 14.7. The number of aryl methyl sites for hydroxylation is 1. The second-order valence-corrected chi connectivity index (χ2v) is 5.65. The van der Waals surface area contributed by atoms with Gasteiger partial charge in [0.25, 0.3) is 0 Å². The van der Waals surface area contributed by atoms with Gasteiger partial charge in [0.2, 0.25) is 0 Å². The van der Waals surface area contributed by atoms with Gasteiger partial charge in [-0.15, -0.1) is 5.10 Å². The van der Waals surface area contributed by atoms with Gasteiger partial charge in [0.1, 0.15) is 6.33 Å². The molecule has 0 radical (unpaired) electrons. The Morgan fingerprint density at radius 3 is 2.86 bits per heavy atom. The van der Waals surface area contributed by atoms with Crippen molar-refractivity contribution in [3.8, 4) is 5.69 Å². The van der Waals surface area contributed by atoms with Crippen LogP contribution in [0, 0.1) is 6.92 Å². The number of nitrogens with zero attached hydrogens (tertiary/aromatic N) is 4. The molecule has 1 aromatic heterocycles. The Kier molecular flexibility index (Phi) is 3.96. The van der Waals surface area contributed by atoms with Gasteiger partial charge in [-0.2, -0.15) is 0 Å². The topological polar surface area (TPSA) is 55.6 Å². The maximum Gasteiger partial charge on any atom is 0.143 e. The lowest BCUT2D eigenvalue weighted by atomic mass is 10.1. The zero-order chi connectivity index (χ0) is 14.7. The van der Waals surface area contributed by atoms with Crippen LogP contribution in [0.2, 0.25) is 0 Å². The van der Waals surface area contributed by atoms with Gasteiger partial charge in [-0.25, -0.2) is 4.68 Å². The fourth-order valence-electron chi connectivity index (χ4n) is 2.07. The first-order chi connectivity index (χ1) is 10.2. The molecule has 1 heterocycles. The van der Waals surface area contributed by atoms with E-state index >= 15 is 0 Å². The number of anilines is 1. The zero-order valence-electron chi connectivity index (χ0n) is 11.5. The molecular weight excluding hydrogens is 330 g/mol. The highest BCUT2D eigenvalue weighted by Gasteiger charge is 2.03. The fraction of sp³-hybridized carbons (Fsp3) is 0.133.